The predicted octanol–water partition coefficient (Wildman–Crippen LogP) is -1.57. The fraction of sp³-hybridized carbons (Fsp3) is 0.500. The Morgan fingerprint density at radius 1 is 1.25 bits per heavy atom. The van der Waals surface area contributed by atoms with E-state index in [1.807, 2.05) is 4.98 Å². The molecule has 2 heterocycles. The van der Waals surface area contributed by atoms with E-state index in [1.54, 1.807) is 0 Å². The third-order valence-electron chi connectivity index (χ3n) is 3.73. The van der Waals surface area contributed by atoms with Crippen molar-refractivity contribution >= 4 is 24.2 Å². The molecule has 1 aromatic rings. The lowest BCUT2D eigenvalue weighted by molar-refractivity contribution is -0.161. The summed E-state index contributed by atoms with van der Waals surface area (Å²) < 4.78 is 21.6. The quantitative estimate of drug-likeness (QED) is 0.234. The number of esters is 2. The van der Waals surface area contributed by atoms with E-state index in [0.29, 0.717) is 0 Å². The maximum Gasteiger partial charge on any atom is 0.330 e. The zero-order valence-electron chi connectivity index (χ0n) is 15.0. The molecular weight excluding hydrogens is 380 g/mol. The van der Waals surface area contributed by atoms with Gasteiger partial charge in [0.15, 0.2) is 18.4 Å². The maximum atomic E-state index is 12.1. The van der Waals surface area contributed by atoms with Crippen LogP contribution in [0.4, 0.5) is 0 Å². The molecule has 0 radical (unpaired) electrons. The molecule has 1 aliphatic heterocycles. The molecule has 1 saturated heterocycles. The topological polar surface area (TPSA) is 160 Å². The normalized spacial score (nSPS) is 23.6. The zero-order chi connectivity index (χ0) is 20.8. The van der Waals surface area contributed by atoms with Crippen LogP contribution in [0.15, 0.2) is 21.9 Å². The fourth-order valence-corrected chi connectivity index (χ4v) is 2.67. The van der Waals surface area contributed by atoms with Crippen molar-refractivity contribution in [1.29, 1.82) is 0 Å². The van der Waals surface area contributed by atoms with Gasteiger partial charge >= 0.3 is 17.6 Å². The smallest absolute Gasteiger partial charge is 0.330 e. The molecule has 1 aromatic heterocycles. The average Bonchev–Trinajstić information content (AvgIpc) is 2.90. The number of H-pyrrole nitrogens is 1. The Balaban J connectivity index is 2.30. The van der Waals surface area contributed by atoms with E-state index in [2.05, 4.69) is 0 Å². The van der Waals surface area contributed by atoms with E-state index in [0.717, 1.165) is 23.8 Å². The highest BCUT2D eigenvalue weighted by Crippen LogP contribution is 2.33. The molecule has 1 aliphatic rings. The van der Waals surface area contributed by atoms with Crippen molar-refractivity contribution in [3.63, 3.8) is 0 Å². The third-order valence-corrected chi connectivity index (χ3v) is 3.73. The van der Waals surface area contributed by atoms with Crippen LogP contribution in [0, 0.1) is 0 Å². The second kappa shape index (κ2) is 9.08. The molecule has 0 saturated carbocycles. The molecule has 0 amide bonds. The Labute approximate surface area is 157 Å². The molecule has 0 aromatic carbocycles. The number of Topliss-reactive ketones (excluding diaryl/α,β-unsaturated/α-hetero) is 1. The predicted molar refractivity (Wildman–Crippen MR) is 88.0 cm³/mol. The summed E-state index contributed by atoms with van der Waals surface area (Å²) in [5, 5.41) is 0. The molecule has 152 valence electrons. The van der Waals surface area contributed by atoms with E-state index in [4.69, 9.17) is 18.9 Å². The average molecular weight is 398 g/mol. The standard InChI is InChI=1S/C16H18N2O10/c1-8(20)5-12(23)25-6-10-13(26-7-19)14(27-9(2)21)15(28-10)18-4-3-11(22)17-16(18)24/h3-4,7,10,13-15H,5-6H2,1-2H3,(H,17,22,24)/t10-,13-,14-,15-/m1/s1. The molecule has 0 aliphatic carbocycles. The van der Waals surface area contributed by atoms with Crippen LogP contribution in [-0.4, -0.2) is 58.7 Å². The number of nitrogens with zero attached hydrogens (tertiary/aromatic N) is 1. The molecule has 1 fully saturated rings. The van der Waals surface area contributed by atoms with Gasteiger partial charge in [-0.25, -0.2) is 4.79 Å². The van der Waals surface area contributed by atoms with Gasteiger partial charge in [-0.3, -0.25) is 33.5 Å². The highest BCUT2D eigenvalue weighted by Gasteiger charge is 2.50. The lowest BCUT2D eigenvalue weighted by atomic mass is 10.1. The van der Waals surface area contributed by atoms with Gasteiger partial charge in [0, 0.05) is 19.2 Å². The summed E-state index contributed by atoms with van der Waals surface area (Å²) in [5.41, 5.74) is -1.51. The second-order valence-corrected chi connectivity index (χ2v) is 5.92. The van der Waals surface area contributed by atoms with E-state index >= 15 is 0 Å². The van der Waals surface area contributed by atoms with E-state index in [9.17, 15) is 28.8 Å². The highest BCUT2D eigenvalue weighted by molar-refractivity contribution is 5.94. The first-order chi connectivity index (χ1) is 13.2. The van der Waals surface area contributed by atoms with Crippen molar-refractivity contribution in [3.8, 4) is 0 Å². The van der Waals surface area contributed by atoms with Crippen molar-refractivity contribution < 1.29 is 38.1 Å². The molecule has 1 N–H and O–H groups in total. The Kier molecular flexibility index (Phi) is 6.82. The number of carbonyl (C=O) groups excluding carboxylic acids is 4. The summed E-state index contributed by atoms with van der Waals surface area (Å²) in [6, 6.07) is 1.05. The van der Waals surface area contributed by atoms with Gasteiger partial charge in [0.05, 0.1) is 0 Å². The molecule has 12 heteroatoms. The number of nitrogens with one attached hydrogen (secondary N) is 1. The number of aromatic amines is 1. The summed E-state index contributed by atoms with van der Waals surface area (Å²) in [4.78, 5) is 70.3. The molecule has 0 bridgehead atoms. The van der Waals surface area contributed by atoms with Gasteiger partial charge < -0.3 is 18.9 Å². The SMILES string of the molecule is CC(=O)CC(=O)OC[C@H]1O[C@@H](n2ccc(=O)[nH]c2=O)[C@H](OC(C)=O)[C@@H]1OC=O. The Bertz CT molecular complexity index is 873. The third kappa shape index (κ3) is 5.13. The van der Waals surface area contributed by atoms with Crippen LogP contribution < -0.4 is 11.2 Å². The second-order valence-electron chi connectivity index (χ2n) is 5.92. The van der Waals surface area contributed by atoms with Gasteiger partial charge in [-0.1, -0.05) is 0 Å². The minimum absolute atomic E-state index is 0.0902. The molecule has 28 heavy (non-hydrogen) atoms. The molecule has 2 rings (SSSR count). The minimum atomic E-state index is -1.27. The maximum absolute atomic E-state index is 12.1. The van der Waals surface area contributed by atoms with E-state index < -0.39 is 66.5 Å². The van der Waals surface area contributed by atoms with Crippen LogP contribution in [0.5, 0.6) is 0 Å². The number of ether oxygens (including phenoxy) is 4. The molecule has 12 nitrogen and oxygen atoms in total. The van der Waals surface area contributed by atoms with Crippen molar-refractivity contribution in [2.75, 3.05) is 6.61 Å². The first-order valence-electron chi connectivity index (χ1n) is 8.11. The highest BCUT2D eigenvalue weighted by atomic mass is 16.7. The largest absolute Gasteiger partial charge is 0.462 e. The van der Waals surface area contributed by atoms with Crippen LogP contribution in [0.25, 0.3) is 0 Å². The molecule has 0 spiro atoms. The first-order valence-corrected chi connectivity index (χ1v) is 8.11. The van der Waals surface area contributed by atoms with Gasteiger partial charge in [-0.05, 0) is 6.92 Å². The van der Waals surface area contributed by atoms with Gasteiger partial charge in [-0.15, -0.1) is 0 Å². The van der Waals surface area contributed by atoms with Gasteiger partial charge in [0.1, 0.15) is 24.9 Å². The van der Waals surface area contributed by atoms with Crippen molar-refractivity contribution in [2.45, 2.75) is 44.8 Å². The van der Waals surface area contributed by atoms with Gasteiger partial charge in [0.25, 0.3) is 12.0 Å². The Morgan fingerprint density at radius 3 is 2.54 bits per heavy atom. The fourth-order valence-electron chi connectivity index (χ4n) is 2.67. The lowest BCUT2D eigenvalue weighted by Crippen LogP contribution is -2.41. The summed E-state index contributed by atoms with van der Waals surface area (Å²) in [5.74, 6) is -1.98. The molecule has 0 unspecified atom stereocenters. The lowest BCUT2D eigenvalue weighted by Gasteiger charge is -2.22. The summed E-state index contributed by atoms with van der Waals surface area (Å²) in [6.45, 7) is 1.97. The van der Waals surface area contributed by atoms with Gasteiger partial charge in [-0.2, -0.15) is 0 Å². The van der Waals surface area contributed by atoms with Crippen LogP contribution in [-0.2, 0) is 38.1 Å². The van der Waals surface area contributed by atoms with Crippen LogP contribution in [0.2, 0.25) is 0 Å². The van der Waals surface area contributed by atoms with E-state index in [-0.39, 0.29) is 6.47 Å². The number of carbonyl (C=O) groups is 4. The first kappa shape index (κ1) is 21.0. The van der Waals surface area contributed by atoms with Crippen LogP contribution in [0.1, 0.15) is 26.5 Å². The van der Waals surface area contributed by atoms with E-state index in [1.165, 1.54) is 6.92 Å². The van der Waals surface area contributed by atoms with Crippen molar-refractivity contribution in [1.82, 2.24) is 9.55 Å². The monoisotopic (exact) mass is 398 g/mol. The minimum Gasteiger partial charge on any atom is -0.462 e. The summed E-state index contributed by atoms with van der Waals surface area (Å²) in [7, 11) is 0. The van der Waals surface area contributed by atoms with Gasteiger partial charge in [0.2, 0.25) is 0 Å². The van der Waals surface area contributed by atoms with Crippen LogP contribution >= 0.6 is 0 Å². The molecular formula is C16H18N2O10. The number of hydrogen-bond acceptors (Lipinski definition) is 10. The number of ketones is 1. The Hall–Kier alpha value is -3.28. The zero-order valence-corrected chi connectivity index (χ0v) is 15.0. The Morgan fingerprint density at radius 2 is 1.96 bits per heavy atom. The summed E-state index contributed by atoms with van der Waals surface area (Å²) >= 11 is 0. The molecule has 4 atom stereocenters. The van der Waals surface area contributed by atoms with Crippen molar-refractivity contribution in [3.05, 3.63) is 33.1 Å². The van der Waals surface area contributed by atoms with Crippen LogP contribution in [0.3, 0.4) is 0 Å². The number of hydrogen-bond donors (Lipinski definition) is 1. The number of aromatic nitrogens is 2. The summed E-state index contributed by atoms with van der Waals surface area (Å²) in [6.07, 6.45) is -4.19. The van der Waals surface area contributed by atoms with Crippen molar-refractivity contribution in [2.24, 2.45) is 0 Å². The number of rotatable bonds is 8.